The van der Waals surface area contributed by atoms with Gasteiger partial charge in [0.25, 0.3) is 0 Å². The zero-order valence-electron chi connectivity index (χ0n) is 10.7. The summed E-state index contributed by atoms with van der Waals surface area (Å²) in [6.07, 6.45) is 7.36. The Labute approximate surface area is 97.2 Å². The van der Waals surface area contributed by atoms with Crippen LogP contribution in [0.15, 0.2) is 28.9 Å². The first-order chi connectivity index (χ1) is 7.77. The first kappa shape index (κ1) is 14.3. The lowest BCUT2D eigenvalue weighted by molar-refractivity contribution is 0.935. The van der Waals surface area contributed by atoms with Crippen molar-refractivity contribution >= 4 is 11.9 Å². The summed E-state index contributed by atoms with van der Waals surface area (Å²) < 4.78 is 0. The normalized spacial score (nSPS) is 12.6. The molecule has 0 aromatic carbocycles. The van der Waals surface area contributed by atoms with Gasteiger partial charge in [-0.1, -0.05) is 26.0 Å². The first-order valence-electron chi connectivity index (χ1n) is 5.47. The van der Waals surface area contributed by atoms with Gasteiger partial charge < -0.3 is 0 Å². The van der Waals surface area contributed by atoms with Gasteiger partial charge in [0.2, 0.25) is 0 Å². The van der Waals surface area contributed by atoms with Crippen molar-refractivity contribution in [2.45, 2.75) is 34.6 Å². The van der Waals surface area contributed by atoms with E-state index in [1.165, 1.54) is 0 Å². The maximum Gasteiger partial charge on any atom is 0.130 e. The second-order valence-corrected chi connectivity index (χ2v) is 2.82. The highest BCUT2D eigenvalue weighted by atomic mass is 15.3. The number of allylic oxidation sites excluding steroid dienone is 3. The predicted octanol–water partition coefficient (Wildman–Crippen LogP) is 3.23. The summed E-state index contributed by atoms with van der Waals surface area (Å²) in [4.78, 5) is 4.30. The van der Waals surface area contributed by atoms with E-state index >= 15 is 0 Å². The lowest BCUT2D eigenvalue weighted by Crippen LogP contribution is -1.83. The van der Waals surface area contributed by atoms with Crippen LogP contribution < -0.4 is 0 Å². The predicted molar refractivity (Wildman–Crippen MR) is 69.3 cm³/mol. The number of hydrogen-bond acceptors (Lipinski definition) is 3. The number of aliphatic imine (C=N–C) groups is 1. The van der Waals surface area contributed by atoms with Crippen molar-refractivity contribution in [3.05, 3.63) is 29.6 Å². The Hall–Kier alpha value is -1.71. The van der Waals surface area contributed by atoms with E-state index in [1.807, 2.05) is 53.0 Å². The van der Waals surface area contributed by atoms with Crippen molar-refractivity contribution in [3.8, 4) is 0 Å². The third-order valence-corrected chi connectivity index (χ3v) is 1.81. The Bertz CT molecular complexity index is 358. The molecule has 1 heterocycles. The molecule has 1 rings (SSSR count). The maximum absolute atomic E-state index is 4.30. The minimum Gasteiger partial charge on any atom is -0.255 e. The second kappa shape index (κ2) is 8.59. The van der Waals surface area contributed by atoms with Crippen LogP contribution in [0.4, 0.5) is 0 Å². The number of nitrogens with zero attached hydrogens (tertiary/aromatic N) is 3. The van der Waals surface area contributed by atoms with Crippen LogP contribution in [0.1, 0.15) is 40.3 Å². The average Bonchev–Trinajstić information content (AvgIpc) is 2.86. The minimum atomic E-state index is 0.757. The molecule has 4 heteroatoms. The third-order valence-electron chi connectivity index (χ3n) is 1.81. The molecule has 16 heavy (non-hydrogen) atoms. The Morgan fingerprint density at radius 1 is 1.31 bits per heavy atom. The molecular weight excluding hydrogens is 200 g/mol. The van der Waals surface area contributed by atoms with Crippen LogP contribution in [-0.2, 0) is 0 Å². The summed E-state index contributed by atoms with van der Waals surface area (Å²) in [6, 6.07) is 0. The van der Waals surface area contributed by atoms with Crippen LogP contribution >= 0.6 is 0 Å². The van der Waals surface area contributed by atoms with Crippen LogP contribution in [0.2, 0.25) is 0 Å². The average molecular weight is 220 g/mol. The summed E-state index contributed by atoms with van der Waals surface area (Å²) in [5.41, 5.74) is 2.69. The molecule has 0 unspecified atom stereocenters. The third kappa shape index (κ3) is 4.68. The largest absolute Gasteiger partial charge is 0.255 e. The zero-order valence-corrected chi connectivity index (χ0v) is 10.7. The highest BCUT2D eigenvalue weighted by Crippen LogP contribution is 2.10. The molecule has 88 valence electrons. The van der Waals surface area contributed by atoms with Crippen LogP contribution in [0.3, 0.4) is 0 Å². The molecule has 0 bridgehead atoms. The van der Waals surface area contributed by atoms with Crippen molar-refractivity contribution in [2.75, 3.05) is 0 Å². The van der Waals surface area contributed by atoms with Crippen molar-refractivity contribution in [1.29, 1.82) is 0 Å². The van der Waals surface area contributed by atoms with Gasteiger partial charge in [0, 0.05) is 6.21 Å². The fraction of sp³-hybridized carbons (Fsp3) is 0.417. The van der Waals surface area contributed by atoms with Crippen LogP contribution in [-0.4, -0.2) is 21.6 Å². The topological polar surface area (TPSA) is 53.9 Å². The molecule has 0 amide bonds. The van der Waals surface area contributed by atoms with Crippen LogP contribution in [0, 0.1) is 0 Å². The zero-order chi connectivity index (χ0) is 12.4. The number of rotatable bonds is 3. The van der Waals surface area contributed by atoms with Gasteiger partial charge in [-0.3, -0.25) is 4.99 Å². The van der Waals surface area contributed by atoms with E-state index in [1.54, 1.807) is 6.20 Å². The molecule has 0 radical (unpaired) electrons. The van der Waals surface area contributed by atoms with Crippen LogP contribution in [0.5, 0.6) is 0 Å². The van der Waals surface area contributed by atoms with Gasteiger partial charge in [-0.25, -0.2) is 0 Å². The van der Waals surface area contributed by atoms with Gasteiger partial charge >= 0.3 is 0 Å². The summed E-state index contributed by atoms with van der Waals surface area (Å²) in [5, 5.41) is 10.2. The molecule has 0 aliphatic rings. The fourth-order valence-electron chi connectivity index (χ4n) is 0.859. The van der Waals surface area contributed by atoms with Crippen molar-refractivity contribution in [1.82, 2.24) is 15.4 Å². The Balaban J connectivity index is 0.00000106. The smallest absolute Gasteiger partial charge is 0.130 e. The van der Waals surface area contributed by atoms with Gasteiger partial charge in [0.15, 0.2) is 0 Å². The van der Waals surface area contributed by atoms with E-state index in [-0.39, 0.29) is 0 Å². The van der Waals surface area contributed by atoms with Gasteiger partial charge in [-0.15, -0.1) is 0 Å². The summed E-state index contributed by atoms with van der Waals surface area (Å²) >= 11 is 0. The SMILES string of the molecule is CC.C\C=C(C)/C=N\C(=C/C)c1cn[nH]n1. The molecule has 0 aliphatic carbocycles. The van der Waals surface area contributed by atoms with E-state index < -0.39 is 0 Å². The van der Waals surface area contributed by atoms with Gasteiger partial charge in [0.1, 0.15) is 5.69 Å². The standard InChI is InChI=1S/C10H14N4.C2H6/c1-4-8(3)6-11-9(5-2)10-7-12-14-13-10;1-2/h4-7H,1-3H3,(H,12,13,14);1-2H3/b8-4-,9-5-,11-6-;. The molecular formula is C12H20N4. The first-order valence-corrected chi connectivity index (χ1v) is 5.47. The lowest BCUT2D eigenvalue weighted by Gasteiger charge is -1.94. The highest BCUT2D eigenvalue weighted by molar-refractivity contribution is 5.83. The fourth-order valence-corrected chi connectivity index (χ4v) is 0.859. The number of aromatic amines is 1. The maximum atomic E-state index is 4.30. The molecule has 0 fully saturated rings. The van der Waals surface area contributed by atoms with Gasteiger partial charge in [0.05, 0.1) is 11.9 Å². The Morgan fingerprint density at radius 3 is 2.44 bits per heavy atom. The number of hydrogen-bond donors (Lipinski definition) is 1. The monoisotopic (exact) mass is 220 g/mol. The molecule has 0 saturated carbocycles. The summed E-state index contributed by atoms with van der Waals surface area (Å²) in [7, 11) is 0. The minimum absolute atomic E-state index is 0.757. The van der Waals surface area contributed by atoms with Crippen LogP contribution in [0.25, 0.3) is 5.70 Å². The Kier molecular flexibility index (Phi) is 7.67. The van der Waals surface area contributed by atoms with E-state index in [0.717, 1.165) is 17.0 Å². The molecule has 0 aliphatic heterocycles. The molecule has 1 N–H and O–H groups in total. The van der Waals surface area contributed by atoms with E-state index in [0.29, 0.717) is 0 Å². The molecule has 0 atom stereocenters. The molecule has 1 aromatic rings. The van der Waals surface area contributed by atoms with E-state index in [2.05, 4.69) is 20.4 Å². The van der Waals surface area contributed by atoms with Crippen molar-refractivity contribution in [3.63, 3.8) is 0 Å². The summed E-state index contributed by atoms with van der Waals surface area (Å²) in [6.45, 7) is 9.90. The van der Waals surface area contributed by atoms with Gasteiger partial charge in [-0.05, 0) is 26.3 Å². The molecule has 1 aromatic heterocycles. The highest BCUT2D eigenvalue weighted by Gasteiger charge is 1.99. The molecule has 4 nitrogen and oxygen atoms in total. The number of H-pyrrole nitrogens is 1. The number of aromatic nitrogens is 3. The number of nitrogens with one attached hydrogen (secondary N) is 1. The lowest BCUT2D eigenvalue weighted by atomic mass is 10.3. The summed E-state index contributed by atoms with van der Waals surface area (Å²) in [5.74, 6) is 0. The molecule has 0 spiro atoms. The van der Waals surface area contributed by atoms with Crippen molar-refractivity contribution < 1.29 is 0 Å². The molecule has 0 saturated heterocycles. The van der Waals surface area contributed by atoms with E-state index in [4.69, 9.17) is 0 Å². The second-order valence-electron chi connectivity index (χ2n) is 2.82. The quantitative estimate of drug-likeness (QED) is 0.795. The van der Waals surface area contributed by atoms with Gasteiger partial charge in [-0.2, -0.15) is 15.4 Å². The Morgan fingerprint density at radius 2 is 2.00 bits per heavy atom. The van der Waals surface area contributed by atoms with Crippen molar-refractivity contribution in [2.24, 2.45) is 4.99 Å². The van der Waals surface area contributed by atoms with E-state index in [9.17, 15) is 0 Å².